The topological polar surface area (TPSA) is 53.5 Å². The van der Waals surface area contributed by atoms with Crippen LogP contribution in [0.4, 0.5) is 13.2 Å². The van der Waals surface area contributed by atoms with Gasteiger partial charge in [0.1, 0.15) is 18.8 Å². The van der Waals surface area contributed by atoms with E-state index < -0.39 is 24.5 Å². The predicted octanol–water partition coefficient (Wildman–Crippen LogP) is 2.07. The summed E-state index contributed by atoms with van der Waals surface area (Å²) in [7, 11) is 0. The molecule has 2 rings (SSSR count). The Hall–Kier alpha value is -1.64. The van der Waals surface area contributed by atoms with Crippen LogP contribution in [-0.2, 0) is 4.79 Å². The zero-order valence-electron chi connectivity index (χ0n) is 11.5. The van der Waals surface area contributed by atoms with Crippen molar-refractivity contribution < 1.29 is 22.8 Å². The molecule has 0 aliphatic carbocycles. The first-order valence-corrected chi connectivity index (χ1v) is 7.14. The molecule has 0 bridgehead atoms. The Kier molecular flexibility index (Phi) is 4.22. The molecule has 2 amide bonds. The molecule has 0 aromatic carbocycles. The molecule has 1 aliphatic rings. The highest BCUT2D eigenvalue weighted by Crippen LogP contribution is 2.22. The van der Waals surface area contributed by atoms with Gasteiger partial charge in [0.15, 0.2) is 0 Å². The van der Waals surface area contributed by atoms with Crippen molar-refractivity contribution in [3.8, 4) is 0 Å². The molecule has 0 unspecified atom stereocenters. The lowest BCUT2D eigenvalue weighted by atomic mass is 10.2. The molecule has 0 saturated carbocycles. The number of thiazole rings is 1. The van der Waals surface area contributed by atoms with Crippen LogP contribution in [0.3, 0.4) is 0 Å². The Morgan fingerprint density at radius 2 is 2.14 bits per heavy atom. The van der Waals surface area contributed by atoms with Gasteiger partial charge >= 0.3 is 6.18 Å². The van der Waals surface area contributed by atoms with Crippen LogP contribution < -0.4 is 0 Å². The van der Waals surface area contributed by atoms with E-state index in [1.54, 1.807) is 5.38 Å². The molecule has 0 radical (unpaired) electrons. The second-order valence-electron chi connectivity index (χ2n) is 5.08. The molecule has 1 aromatic rings. The number of carbonyl (C=O) groups is 2. The Balaban J connectivity index is 2.05. The van der Waals surface area contributed by atoms with Gasteiger partial charge in [-0.1, -0.05) is 13.8 Å². The molecular weight excluding hydrogens is 307 g/mol. The largest absolute Gasteiger partial charge is 0.406 e. The van der Waals surface area contributed by atoms with E-state index in [9.17, 15) is 22.8 Å². The van der Waals surface area contributed by atoms with E-state index in [2.05, 4.69) is 4.98 Å². The second-order valence-corrected chi connectivity index (χ2v) is 5.97. The number of rotatable bonds is 3. The average Bonchev–Trinajstić information content (AvgIpc) is 2.94. The quantitative estimate of drug-likeness (QED) is 0.856. The molecule has 9 heteroatoms. The van der Waals surface area contributed by atoms with Gasteiger partial charge in [0.05, 0.1) is 11.7 Å². The third-order valence-corrected chi connectivity index (χ3v) is 4.06. The maximum Gasteiger partial charge on any atom is 0.406 e. The molecule has 0 spiro atoms. The van der Waals surface area contributed by atoms with Crippen molar-refractivity contribution in [1.29, 1.82) is 0 Å². The fourth-order valence-electron chi connectivity index (χ4n) is 1.90. The van der Waals surface area contributed by atoms with Crippen LogP contribution in [0.2, 0.25) is 0 Å². The minimum atomic E-state index is -4.47. The predicted molar refractivity (Wildman–Crippen MR) is 69.9 cm³/mol. The number of alkyl halides is 3. The third-order valence-electron chi connectivity index (χ3n) is 2.91. The molecule has 2 heterocycles. The first-order chi connectivity index (χ1) is 9.67. The molecule has 116 valence electrons. The number of carbonyl (C=O) groups excluding carboxylic acids is 2. The first-order valence-electron chi connectivity index (χ1n) is 6.26. The molecule has 21 heavy (non-hydrogen) atoms. The summed E-state index contributed by atoms with van der Waals surface area (Å²) in [6.07, 6.45) is -4.47. The Labute approximate surface area is 123 Å². The lowest BCUT2D eigenvalue weighted by Gasteiger charge is -2.18. The van der Waals surface area contributed by atoms with Crippen LogP contribution in [-0.4, -0.2) is 52.5 Å². The first kappa shape index (κ1) is 15.7. The zero-order valence-corrected chi connectivity index (χ0v) is 12.3. The fourth-order valence-corrected chi connectivity index (χ4v) is 2.71. The van der Waals surface area contributed by atoms with Gasteiger partial charge in [0, 0.05) is 11.3 Å². The highest BCUT2D eigenvalue weighted by atomic mass is 32.1. The Morgan fingerprint density at radius 3 is 2.67 bits per heavy atom. The van der Waals surface area contributed by atoms with E-state index in [0.29, 0.717) is 4.90 Å². The highest BCUT2D eigenvalue weighted by molar-refractivity contribution is 7.09. The van der Waals surface area contributed by atoms with Crippen molar-refractivity contribution in [3.05, 3.63) is 16.1 Å². The van der Waals surface area contributed by atoms with Crippen molar-refractivity contribution >= 4 is 23.2 Å². The normalized spacial score (nSPS) is 16.2. The van der Waals surface area contributed by atoms with Crippen LogP contribution in [0.15, 0.2) is 5.38 Å². The van der Waals surface area contributed by atoms with Crippen LogP contribution in [0.1, 0.15) is 35.3 Å². The maximum atomic E-state index is 12.3. The molecular formula is C12H14F3N3O2S. The Bertz CT molecular complexity index is 556. The molecule has 1 fully saturated rings. The summed E-state index contributed by atoms with van der Waals surface area (Å²) < 4.78 is 36.9. The van der Waals surface area contributed by atoms with Crippen molar-refractivity contribution in [3.63, 3.8) is 0 Å². The van der Waals surface area contributed by atoms with Gasteiger partial charge in [0.25, 0.3) is 5.91 Å². The van der Waals surface area contributed by atoms with Crippen LogP contribution in [0, 0.1) is 0 Å². The number of hydrogen-bond acceptors (Lipinski definition) is 4. The highest BCUT2D eigenvalue weighted by Gasteiger charge is 2.39. The minimum absolute atomic E-state index is 0.165. The average molecular weight is 321 g/mol. The van der Waals surface area contributed by atoms with E-state index >= 15 is 0 Å². The number of hydrogen-bond donors (Lipinski definition) is 0. The summed E-state index contributed by atoms with van der Waals surface area (Å²) in [6.45, 7) is 1.81. The minimum Gasteiger partial charge on any atom is -0.314 e. The molecule has 1 aliphatic heterocycles. The summed E-state index contributed by atoms with van der Waals surface area (Å²) >= 11 is 1.32. The molecule has 0 N–H and O–H groups in total. The van der Waals surface area contributed by atoms with Crippen LogP contribution in [0.5, 0.6) is 0 Å². The number of aromatic nitrogens is 1. The fraction of sp³-hybridized carbons (Fsp3) is 0.583. The molecule has 1 saturated heterocycles. The van der Waals surface area contributed by atoms with E-state index in [-0.39, 0.29) is 24.8 Å². The van der Waals surface area contributed by atoms with Crippen molar-refractivity contribution in [2.45, 2.75) is 25.9 Å². The summed E-state index contributed by atoms with van der Waals surface area (Å²) in [5.41, 5.74) is 0.172. The van der Waals surface area contributed by atoms with Gasteiger partial charge in [-0.05, 0) is 0 Å². The monoisotopic (exact) mass is 321 g/mol. The van der Waals surface area contributed by atoms with E-state index in [1.807, 2.05) is 13.8 Å². The summed E-state index contributed by atoms with van der Waals surface area (Å²) in [6, 6.07) is 0. The SMILES string of the molecule is CC(C)c1nc(C(=O)N2CC(=O)N(CC(F)(F)F)C2)cs1. The van der Waals surface area contributed by atoms with Gasteiger partial charge in [-0.2, -0.15) is 13.2 Å². The van der Waals surface area contributed by atoms with Gasteiger partial charge < -0.3 is 9.80 Å². The van der Waals surface area contributed by atoms with Crippen LogP contribution in [0.25, 0.3) is 0 Å². The number of amides is 2. The smallest absolute Gasteiger partial charge is 0.314 e. The Morgan fingerprint density at radius 1 is 1.48 bits per heavy atom. The molecule has 5 nitrogen and oxygen atoms in total. The van der Waals surface area contributed by atoms with Gasteiger partial charge in [0.2, 0.25) is 5.91 Å². The van der Waals surface area contributed by atoms with Crippen LogP contribution >= 0.6 is 11.3 Å². The van der Waals surface area contributed by atoms with Gasteiger partial charge in [-0.3, -0.25) is 9.59 Å². The van der Waals surface area contributed by atoms with E-state index in [1.165, 1.54) is 11.3 Å². The zero-order chi connectivity index (χ0) is 15.8. The van der Waals surface area contributed by atoms with E-state index in [4.69, 9.17) is 0 Å². The van der Waals surface area contributed by atoms with Crippen molar-refractivity contribution in [1.82, 2.24) is 14.8 Å². The lowest BCUT2D eigenvalue weighted by molar-refractivity contribution is -0.157. The number of halogens is 3. The maximum absolute atomic E-state index is 12.3. The third kappa shape index (κ3) is 3.72. The standard InChI is InChI=1S/C12H14F3N3O2S/c1-7(2)10-16-8(4-21-10)11(20)17-3-9(19)18(6-17)5-12(13,14)15/h4,7H,3,5-6H2,1-2H3. The van der Waals surface area contributed by atoms with Gasteiger partial charge in [-0.15, -0.1) is 11.3 Å². The van der Waals surface area contributed by atoms with E-state index in [0.717, 1.165) is 9.91 Å². The summed E-state index contributed by atoms with van der Waals surface area (Å²) in [5.74, 6) is -1.06. The number of nitrogens with zero attached hydrogens (tertiary/aromatic N) is 3. The molecule has 1 aromatic heterocycles. The second kappa shape index (κ2) is 5.63. The summed E-state index contributed by atoms with van der Waals surface area (Å²) in [4.78, 5) is 29.5. The summed E-state index contributed by atoms with van der Waals surface area (Å²) in [5, 5.41) is 2.34. The van der Waals surface area contributed by atoms with Crippen molar-refractivity contribution in [2.75, 3.05) is 19.8 Å². The lowest BCUT2D eigenvalue weighted by Crippen LogP contribution is -2.37. The molecule has 0 atom stereocenters. The van der Waals surface area contributed by atoms with Gasteiger partial charge in [-0.25, -0.2) is 4.98 Å². The van der Waals surface area contributed by atoms with Crippen molar-refractivity contribution in [2.24, 2.45) is 0 Å².